The van der Waals surface area contributed by atoms with E-state index in [2.05, 4.69) is 33.0 Å². The highest BCUT2D eigenvalue weighted by molar-refractivity contribution is 9.10. The Kier molecular flexibility index (Phi) is 5.83. The fraction of sp³-hybridized carbons (Fsp3) is 0.480. The Morgan fingerprint density at radius 3 is 2.50 bits per heavy atom. The molecule has 1 amide bonds. The maximum atomic E-state index is 12.9. The van der Waals surface area contributed by atoms with E-state index in [4.69, 9.17) is 4.74 Å². The molecule has 3 aliphatic rings. The van der Waals surface area contributed by atoms with Crippen LogP contribution in [0.1, 0.15) is 47.2 Å². The summed E-state index contributed by atoms with van der Waals surface area (Å²) in [6, 6.07) is 13.9. The molecule has 4 nitrogen and oxygen atoms in total. The van der Waals surface area contributed by atoms with Crippen molar-refractivity contribution in [2.75, 3.05) is 26.2 Å². The molecule has 2 fully saturated rings. The van der Waals surface area contributed by atoms with Gasteiger partial charge in [-0.25, -0.2) is 0 Å². The number of benzene rings is 2. The van der Waals surface area contributed by atoms with Crippen LogP contribution in [0.3, 0.4) is 0 Å². The second kappa shape index (κ2) is 8.72. The van der Waals surface area contributed by atoms with E-state index in [0.29, 0.717) is 13.1 Å². The average molecular weight is 469 g/mol. The van der Waals surface area contributed by atoms with Crippen LogP contribution in [-0.4, -0.2) is 41.9 Å². The van der Waals surface area contributed by atoms with Gasteiger partial charge < -0.3 is 14.5 Å². The lowest BCUT2D eigenvalue weighted by molar-refractivity contribution is 0.0751. The molecule has 5 rings (SSSR count). The minimum absolute atomic E-state index is 0.0773. The standard InChI is InChI=1S/C25H29BrN2O2/c26-23-8-5-21-16-28(17-22(21)13-23)25(29)18-6-9-24(10-7-18)30-12-2-11-27-14-19-3-1-4-20(19)15-27/h5-10,13,19-20H,1-4,11-12,14-17H2. The topological polar surface area (TPSA) is 32.8 Å². The number of nitrogens with zero attached hydrogens (tertiary/aromatic N) is 2. The second-order valence-electron chi connectivity index (χ2n) is 9.01. The number of amides is 1. The van der Waals surface area contributed by atoms with Crippen LogP contribution in [-0.2, 0) is 13.1 Å². The summed E-state index contributed by atoms with van der Waals surface area (Å²) in [6.45, 7) is 5.80. The third kappa shape index (κ3) is 4.28. The third-order valence-electron chi connectivity index (χ3n) is 6.97. The van der Waals surface area contributed by atoms with E-state index in [1.807, 2.05) is 35.2 Å². The van der Waals surface area contributed by atoms with Gasteiger partial charge >= 0.3 is 0 Å². The summed E-state index contributed by atoms with van der Waals surface area (Å²) >= 11 is 3.51. The smallest absolute Gasteiger partial charge is 0.254 e. The van der Waals surface area contributed by atoms with E-state index in [1.165, 1.54) is 43.5 Å². The Balaban J connectivity index is 1.08. The fourth-order valence-electron chi connectivity index (χ4n) is 5.38. The lowest BCUT2D eigenvalue weighted by Gasteiger charge is -2.17. The molecule has 0 spiro atoms. The van der Waals surface area contributed by atoms with Gasteiger partial charge in [-0.15, -0.1) is 0 Å². The first-order valence-corrected chi connectivity index (χ1v) is 12.0. The molecule has 2 aromatic carbocycles. The van der Waals surface area contributed by atoms with Gasteiger partial charge in [-0.3, -0.25) is 4.79 Å². The van der Waals surface area contributed by atoms with Gasteiger partial charge in [0, 0.05) is 42.8 Å². The minimum Gasteiger partial charge on any atom is -0.494 e. The summed E-state index contributed by atoms with van der Waals surface area (Å²) < 4.78 is 6.99. The van der Waals surface area contributed by atoms with Crippen LogP contribution in [0.4, 0.5) is 0 Å². The minimum atomic E-state index is 0.0773. The molecular weight excluding hydrogens is 440 g/mol. The molecule has 0 radical (unpaired) electrons. The van der Waals surface area contributed by atoms with E-state index >= 15 is 0 Å². The molecule has 0 aromatic heterocycles. The van der Waals surface area contributed by atoms with E-state index in [9.17, 15) is 4.79 Å². The van der Waals surface area contributed by atoms with Crippen LogP contribution in [0, 0.1) is 11.8 Å². The Hall–Kier alpha value is -1.85. The van der Waals surface area contributed by atoms with E-state index in [-0.39, 0.29) is 5.91 Å². The fourth-order valence-corrected chi connectivity index (χ4v) is 5.78. The highest BCUT2D eigenvalue weighted by Gasteiger charge is 2.35. The van der Waals surface area contributed by atoms with Gasteiger partial charge in [0.15, 0.2) is 0 Å². The van der Waals surface area contributed by atoms with Crippen molar-refractivity contribution in [1.29, 1.82) is 0 Å². The molecule has 2 atom stereocenters. The zero-order chi connectivity index (χ0) is 20.5. The van der Waals surface area contributed by atoms with Crippen LogP contribution >= 0.6 is 15.9 Å². The van der Waals surface area contributed by atoms with Crippen LogP contribution < -0.4 is 4.74 Å². The molecule has 5 heteroatoms. The molecule has 1 saturated heterocycles. The molecule has 1 aliphatic carbocycles. The van der Waals surface area contributed by atoms with Crippen molar-refractivity contribution in [2.45, 2.75) is 38.8 Å². The quantitative estimate of drug-likeness (QED) is 0.552. The molecular formula is C25H29BrN2O2. The van der Waals surface area contributed by atoms with E-state index < -0.39 is 0 Å². The highest BCUT2D eigenvalue weighted by atomic mass is 79.9. The zero-order valence-corrected chi connectivity index (χ0v) is 18.9. The SMILES string of the molecule is O=C(c1ccc(OCCCN2CC3CCCC3C2)cc1)N1Cc2ccc(Br)cc2C1. The lowest BCUT2D eigenvalue weighted by Crippen LogP contribution is -2.25. The Morgan fingerprint density at radius 2 is 1.73 bits per heavy atom. The van der Waals surface area contributed by atoms with Crippen molar-refractivity contribution in [1.82, 2.24) is 9.80 Å². The van der Waals surface area contributed by atoms with Crippen molar-refractivity contribution >= 4 is 21.8 Å². The Morgan fingerprint density at radius 1 is 1.00 bits per heavy atom. The molecule has 2 aliphatic heterocycles. The number of hydrogen-bond acceptors (Lipinski definition) is 3. The first kappa shape index (κ1) is 20.1. The van der Waals surface area contributed by atoms with Gasteiger partial charge in [0.25, 0.3) is 5.91 Å². The van der Waals surface area contributed by atoms with Gasteiger partial charge in [0.05, 0.1) is 6.61 Å². The molecule has 2 unspecified atom stereocenters. The number of ether oxygens (including phenoxy) is 1. The number of likely N-dealkylation sites (tertiary alicyclic amines) is 1. The number of carbonyl (C=O) groups excluding carboxylic acids is 1. The number of halogens is 1. The van der Waals surface area contributed by atoms with Crippen molar-refractivity contribution in [3.8, 4) is 5.75 Å². The van der Waals surface area contributed by atoms with Crippen LogP contribution in [0.25, 0.3) is 0 Å². The normalized spacial score (nSPS) is 22.9. The number of rotatable bonds is 6. The highest BCUT2D eigenvalue weighted by Crippen LogP contribution is 2.37. The zero-order valence-electron chi connectivity index (χ0n) is 17.4. The summed E-state index contributed by atoms with van der Waals surface area (Å²) in [5, 5.41) is 0. The van der Waals surface area contributed by atoms with Gasteiger partial charge in [0.2, 0.25) is 0 Å². The Bertz CT molecular complexity index is 902. The van der Waals surface area contributed by atoms with Gasteiger partial charge in [0.1, 0.15) is 5.75 Å². The summed E-state index contributed by atoms with van der Waals surface area (Å²) in [5.74, 6) is 2.84. The van der Waals surface area contributed by atoms with Crippen molar-refractivity contribution in [3.63, 3.8) is 0 Å². The molecule has 2 heterocycles. The average Bonchev–Trinajstić information content (AvgIpc) is 3.45. The monoisotopic (exact) mass is 468 g/mol. The molecule has 0 bridgehead atoms. The predicted octanol–water partition coefficient (Wildman–Crippen LogP) is 5.11. The molecule has 30 heavy (non-hydrogen) atoms. The summed E-state index contributed by atoms with van der Waals surface area (Å²) in [6.07, 6.45) is 5.36. The van der Waals surface area contributed by atoms with Gasteiger partial charge in [-0.05, 0) is 78.6 Å². The largest absolute Gasteiger partial charge is 0.494 e. The first-order chi connectivity index (χ1) is 14.7. The maximum Gasteiger partial charge on any atom is 0.254 e. The summed E-state index contributed by atoms with van der Waals surface area (Å²) in [7, 11) is 0. The third-order valence-corrected chi connectivity index (χ3v) is 7.46. The van der Waals surface area contributed by atoms with Crippen molar-refractivity contribution in [3.05, 3.63) is 63.6 Å². The lowest BCUT2D eigenvalue weighted by atomic mass is 10.0. The molecule has 0 N–H and O–H groups in total. The van der Waals surface area contributed by atoms with Gasteiger partial charge in [-0.1, -0.05) is 28.4 Å². The Labute approximate surface area is 187 Å². The van der Waals surface area contributed by atoms with E-state index in [1.54, 1.807) is 0 Å². The van der Waals surface area contributed by atoms with Crippen molar-refractivity contribution in [2.24, 2.45) is 11.8 Å². The summed E-state index contributed by atoms with van der Waals surface area (Å²) in [4.78, 5) is 17.4. The van der Waals surface area contributed by atoms with Crippen LogP contribution in [0.2, 0.25) is 0 Å². The number of carbonyl (C=O) groups is 1. The molecule has 1 saturated carbocycles. The molecule has 158 valence electrons. The van der Waals surface area contributed by atoms with Gasteiger partial charge in [-0.2, -0.15) is 0 Å². The number of hydrogen-bond donors (Lipinski definition) is 0. The van der Waals surface area contributed by atoms with E-state index in [0.717, 1.165) is 47.2 Å². The van der Waals surface area contributed by atoms with Crippen molar-refractivity contribution < 1.29 is 9.53 Å². The summed E-state index contributed by atoms with van der Waals surface area (Å²) in [5.41, 5.74) is 3.17. The molecule has 2 aromatic rings. The first-order valence-electron chi connectivity index (χ1n) is 11.2. The second-order valence-corrected chi connectivity index (χ2v) is 9.93. The van der Waals surface area contributed by atoms with Crippen LogP contribution in [0.15, 0.2) is 46.9 Å². The van der Waals surface area contributed by atoms with Crippen LogP contribution in [0.5, 0.6) is 5.75 Å². The number of fused-ring (bicyclic) bond motifs is 2. The predicted molar refractivity (Wildman–Crippen MR) is 122 cm³/mol. The maximum absolute atomic E-state index is 12.9.